The molecule has 1 aromatic rings. The van der Waals surface area contributed by atoms with Crippen molar-refractivity contribution in [1.82, 2.24) is 10.2 Å². The van der Waals surface area contributed by atoms with Gasteiger partial charge in [-0.05, 0) is 61.8 Å². The fourth-order valence-electron chi connectivity index (χ4n) is 4.47. The van der Waals surface area contributed by atoms with E-state index in [0.717, 1.165) is 44.2 Å². The fourth-order valence-corrected chi connectivity index (χ4v) is 4.47. The summed E-state index contributed by atoms with van der Waals surface area (Å²) in [5.74, 6) is -0.190. The molecule has 26 heavy (non-hydrogen) atoms. The van der Waals surface area contributed by atoms with Gasteiger partial charge in [0.25, 0.3) is 5.91 Å². The number of nitrogens with one attached hydrogen (secondary N) is 2. The first kappa shape index (κ1) is 17.1. The maximum Gasteiger partial charge on any atom is 0.325 e. The van der Waals surface area contributed by atoms with Gasteiger partial charge in [-0.3, -0.25) is 14.5 Å². The van der Waals surface area contributed by atoms with Gasteiger partial charge in [-0.1, -0.05) is 18.9 Å². The van der Waals surface area contributed by atoms with Crippen LogP contribution in [0.5, 0.6) is 0 Å². The molecule has 0 radical (unpaired) electrons. The van der Waals surface area contributed by atoms with E-state index in [2.05, 4.69) is 22.8 Å². The van der Waals surface area contributed by atoms with Crippen LogP contribution in [-0.4, -0.2) is 34.8 Å². The van der Waals surface area contributed by atoms with Crippen LogP contribution in [0.3, 0.4) is 0 Å². The Hall–Kier alpha value is -2.37. The van der Waals surface area contributed by atoms with Crippen LogP contribution >= 0.6 is 0 Å². The molecule has 1 heterocycles. The van der Waals surface area contributed by atoms with E-state index in [9.17, 15) is 14.4 Å². The number of amides is 4. The average Bonchev–Trinajstić information content (AvgIpc) is 3.31. The molecule has 2 N–H and O–H groups in total. The zero-order valence-corrected chi connectivity index (χ0v) is 15.0. The van der Waals surface area contributed by atoms with E-state index >= 15 is 0 Å². The maximum atomic E-state index is 12.6. The molecule has 6 nitrogen and oxygen atoms in total. The average molecular weight is 355 g/mol. The van der Waals surface area contributed by atoms with Crippen molar-refractivity contribution in [3.05, 3.63) is 29.3 Å². The third kappa shape index (κ3) is 3.08. The van der Waals surface area contributed by atoms with Crippen LogP contribution in [0.25, 0.3) is 0 Å². The van der Waals surface area contributed by atoms with Crippen molar-refractivity contribution in [2.75, 3.05) is 11.9 Å². The molecular weight excluding hydrogens is 330 g/mol. The summed E-state index contributed by atoms with van der Waals surface area (Å²) < 4.78 is 0. The zero-order valence-electron chi connectivity index (χ0n) is 15.0. The minimum atomic E-state index is -0.663. The van der Waals surface area contributed by atoms with Crippen LogP contribution in [0.1, 0.15) is 56.1 Å². The second kappa shape index (κ2) is 6.74. The second-order valence-corrected chi connectivity index (χ2v) is 7.66. The van der Waals surface area contributed by atoms with Gasteiger partial charge in [0.2, 0.25) is 5.91 Å². The van der Waals surface area contributed by atoms with Crippen molar-refractivity contribution in [3.8, 4) is 0 Å². The summed E-state index contributed by atoms with van der Waals surface area (Å²) in [4.78, 5) is 38.1. The van der Waals surface area contributed by atoms with E-state index in [1.807, 2.05) is 6.07 Å². The molecule has 1 saturated heterocycles. The first-order chi connectivity index (χ1) is 12.6. The molecular formula is C20H25N3O3. The van der Waals surface area contributed by atoms with Gasteiger partial charge in [-0.15, -0.1) is 0 Å². The standard InChI is InChI=1S/C20H25N3O3/c24-17(21-16-9-8-14-5-3-6-15(14)13-16)7-4-12-23-18(25)20(22-19(23)26)10-1-2-11-20/h8-9,13H,1-7,10-12H2,(H,21,24)(H,22,26). The predicted molar refractivity (Wildman–Crippen MR) is 97.8 cm³/mol. The summed E-state index contributed by atoms with van der Waals surface area (Å²) >= 11 is 0. The largest absolute Gasteiger partial charge is 0.326 e. The Morgan fingerprint density at radius 3 is 2.69 bits per heavy atom. The number of fused-ring (bicyclic) bond motifs is 1. The van der Waals surface area contributed by atoms with E-state index in [-0.39, 0.29) is 17.8 Å². The molecule has 138 valence electrons. The van der Waals surface area contributed by atoms with Gasteiger partial charge in [-0.2, -0.15) is 0 Å². The molecule has 3 aliphatic rings. The Kier molecular flexibility index (Phi) is 4.42. The van der Waals surface area contributed by atoms with Gasteiger partial charge in [0.05, 0.1) is 0 Å². The van der Waals surface area contributed by atoms with Crippen molar-refractivity contribution >= 4 is 23.5 Å². The van der Waals surface area contributed by atoms with Crippen LogP contribution in [-0.2, 0) is 22.4 Å². The van der Waals surface area contributed by atoms with E-state index in [1.165, 1.54) is 22.4 Å². The van der Waals surface area contributed by atoms with Crippen molar-refractivity contribution in [1.29, 1.82) is 0 Å². The summed E-state index contributed by atoms with van der Waals surface area (Å²) in [5, 5.41) is 5.79. The molecule has 0 bridgehead atoms. The molecule has 4 amide bonds. The summed E-state index contributed by atoms with van der Waals surface area (Å²) in [7, 11) is 0. The monoisotopic (exact) mass is 355 g/mol. The Balaban J connectivity index is 1.27. The summed E-state index contributed by atoms with van der Waals surface area (Å²) in [6.07, 6.45) is 7.56. The second-order valence-electron chi connectivity index (χ2n) is 7.66. The number of rotatable bonds is 5. The Bertz CT molecular complexity index is 753. The molecule has 0 aromatic heterocycles. The molecule has 1 aromatic carbocycles. The SMILES string of the molecule is O=C(CCCN1C(=O)NC2(CCCC2)C1=O)Nc1ccc2c(c1)CCC2. The number of urea groups is 1. The molecule has 6 heteroatoms. The van der Waals surface area contributed by atoms with Gasteiger partial charge in [0, 0.05) is 18.7 Å². The number of hydrogen-bond donors (Lipinski definition) is 2. The van der Waals surface area contributed by atoms with Crippen LogP contribution in [0.15, 0.2) is 18.2 Å². The third-order valence-corrected chi connectivity index (χ3v) is 5.87. The third-order valence-electron chi connectivity index (χ3n) is 5.87. The number of nitrogens with zero attached hydrogens (tertiary/aromatic N) is 1. The van der Waals surface area contributed by atoms with Crippen molar-refractivity contribution in [3.63, 3.8) is 0 Å². The number of aryl methyl sites for hydroxylation is 2. The molecule has 1 spiro atoms. The number of hydrogen-bond acceptors (Lipinski definition) is 3. The molecule has 0 atom stereocenters. The van der Waals surface area contributed by atoms with Crippen LogP contribution in [0, 0.1) is 0 Å². The lowest BCUT2D eigenvalue weighted by molar-refractivity contribution is -0.131. The fraction of sp³-hybridized carbons (Fsp3) is 0.550. The van der Waals surface area contributed by atoms with Crippen molar-refractivity contribution < 1.29 is 14.4 Å². The van der Waals surface area contributed by atoms with E-state index in [4.69, 9.17) is 0 Å². The van der Waals surface area contributed by atoms with Gasteiger partial charge in [0.15, 0.2) is 0 Å². The van der Waals surface area contributed by atoms with Gasteiger partial charge >= 0.3 is 6.03 Å². The highest BCUT2D eigenvalue weighted by molar-refractivity contribution is 6.07. The maximum absolute atomic E-state index is 12.6. The minimum Gasteiger partial charge on any atom is -0.326 e. The van der Waals surface area contributed by atoms with Crippen molar-refractivity contribution in [2.24, 2.45) is 0 Å². The zero-order chi connectivity index (χ0) is 18.1. The first-order valence-electron chi connectivity index (χ1n) is 9.63. The molecule has 1 saturated carbocycles. The summed E-state index contributed by atoms with van der Waals surface area (Å²) in [6.45, 7) is 0.296. The van der Waals surface area contributed by atoms with Crippen molar-refractivity contribution in [2.45, 2.75) is 63.3 Å². The van der Waals surface area contributed by atoms with Gasteiger partial charge in [-0.25, -0.2) is 4.79 Å². The highest BCUT2D eigenvalue weighted by Gasteiger charge is 2.51. The Labute approximate surface area is 153 Å². The molecule has 4 rings (SSSR count). The predicted octanol–water partition coefficient (Wildman–Crippen LogP) is 2.76. The lowest BCUT2D eigenvalue weighted by Gasteiger charge is -2.19. The van der Waals surface area contributed by atoms with Crippen LogP contribution < -0.4 is 10.6 Å². The highest BCUT2D eigenvalue weighted by atomic mass is 16.2. The Morgan fingerprint density at radius 2 is 1.88 bits per heavy atom. The molecule has 2 aliphatic carbocycles. The minimum absolute atomic E-state index is 0.0782. The number of carbonyl (C=O) groups is 3. The van der Waals surface area contributed by atoms with Gasteiger partial charge < -0.3 is 10.6 Å². The number of imide groups is 1. The topological polar surface area (TPSA) is 78.5 Å². The van der Waals surface area contributed by atoms with E-state index < -0.39 is 5.54 Å². The lowest BCUT2D eigenvalue weighted by atomic mass is 9.98. The highest BCUT2D eigenvalue weighted by Crippen LogP contribution is 2.35. The lowest BCUT2D eigenvalue weighted by Crippen LogP contribution is -2.44. The quantitative estimate of drug-likeness (QED) is 0.797. The molecule has 0 unspecified atom stereocenters. The summed E-state index contributed by atoms with van der Waals surface area (Å²) in [5.41, 5.74) is 2.87. The number of anilines is 1. The van der Waals surface area contributed by atoms with Crippen LogP contribution in [0.2, 0.25) is 0 Å². The first-order valence-corrected chi connectivity index (χ1v) is 9.63. The Morgan fingerprint density at radius 1 is 1.12 bits per heavy atom. The summed E-state index contributed by atoms with van der Waals surface area (Å²) in [6, 6.07) is 5.79. The van der Waals surface area contributed by atoms with Crippen LogP contribution in [0.4, 0.5) is 10.5 Å². The molecule has 1 aliphatic heterocycles. The van der Waals surface area contributed by atoms with E-state index in [1.54, 1.807) is 0 Å². The smallest absolute Gasteiger partial charge is 0.325 e. The number of benzene rings is 1. The number of carbonyl (C=O) groups excluding carboxylic acids is 3. The molecule has 2 fully saturated rings. The normalized spacial score (nSPS) is 20.5. The van der Waals surface area contributed by atoms with Gasteiger partial charge in [0.1, 0.15) is 5.54 Å². The van der Waals surface area contributed by atoms with E-state index in [0.29, 0.717) is 19.4 Å².